The highest BCUT2D eigenvalue weighted by atomic mass is 16.5. The summed E-state index contributed by atoms with van der Waals surface area (Å²) >= 11 is 0. The summed E-state index contributed by atoms with van der Waals surface area (Å²) in [6.45, 7) is 2.27. The number of rotatable bonds is 4. The van der Waals surface area contributed by atoms with Crippen molar-refractivity contribution in [3.8, 4) is 0 Å². The Morgan fingerprint density at radius 2 is 1.94 bits per heavy atom. The highest BCUT2D eigenvalue weighted by Crippen LogP contribution is 2.51. The Balaban J connectivity index is 1.68. The number of carbonyl (C=O) groups excluding carboxylic acids is 2. The van der Waals surface area contributed by atoms with Crippen molar-refractivity contribution in [1.29, 1.82) is 0 Å². The largest absolute Gasteiger partial charge is 0.370 e. The van der Waals surface area contributed by atoms with Crippen LogP contribution in [0.2, 0.25) is 0 Å². The van der Waals surface area contributed by atoms with Crippen LogP contribution < -0.4 is 10.6 Å². The monoisotopic (exact) mass is 470 g/mol. The van der Waals surface area contributed by atoms with Gasteiger partial charge in [-0.2, -0.15) is 0 Å². The van der Waals surface area contributed by atoms with E-state index in [-0.39, 0.29) is 17.8 Å². The van der Waals surface area contributed by atoms with E-state index in [0.29, 0.717) is 18.5 Å². The van der Waals surface area contributed by atoms with Gasteiger partial charge < -0.3 is 15.4 Å². The van der Waals surface area contributed by atoms with Crippen LogP contribution in [0.4, 0.5) is 5.69 Å². The number of hydrogen-bond acceptors (Lipinski definition) is 5. The maximum Gasteiger partial charge on any atom is 0.265 e. The van der Waals surface area contributed by atoms with E-state index in [1.54, 1.807) is 26.0 Å². The molecule has 0 spiro atoms. The minimum absolute atomic E-state index is 0.00794. The van der Waals surface area contributed by atoms with Gasteiger partial charge in [0.2, 0.25) is 11.4 Å². The number of methoxy groups -OCH3 is 1. The first-order valence-corrected chi connectivity index (χ1v) is 11.9. The number of guanidine groups is 1. The molecule has 0 radical (unpaired) electrons. The summed E-state index contributed by atoms with van der Waals surface area (Å²) in [7, 11) is 3.26. The van der Waals surface area contributed by atoms with E-state index in [1.165, 1.54) is 4.90 Å². The van der Waals surface area contributed by atoms with Gasteiger partial charge in [-0.1, -0.05) is 54.6 Å². The quantitative estimate of drug-likeness (QED) is 0.742. The number of likely N-dealkylation sites (N-methyl/N-ethyl adjacent to an activating group) is 1. The van der Waals surface area contributed by atoms with E-state index in [2.05, 4.69) is 0 Å². The van der Waals surface area contributed by atoms with Crippen molar-refractivity contribution in [2.45, 2.75) is 37.3 Å². The molecule has 7 heteroatoms. The molecule has 2 unspecified atom stereocenters. The number of anilines is 1. The van der Waals surface area contributed by atoms with Crippen molar-refractivity contribution in [3.05, 3.63) is 83.4 Å². The lowest BCUT2D eigenvalue weighted by molar-refractivity contribution is -0.140. The average molecular weight is 471 g/mol. The Hall–Kier alpha value is -3.71. The number of nitrogens with two attached hydrogens (primary N) is 1. The number of benzene rings is 2. The van der Waals surface area contributed by atoms with Crippen molar-refractivity contribution in [1.82, 2.24) is 4.90 Å². The topological polar surface area (TPSA) is 88.2 Å². The molecule has 2 aromatic rings. The van der Waals surface area contributed by atoms with Crippen LogP contribution in [0.15, 0.2) is 71.8 Å². The number of amides is 2. The lowest BCUT2D eigenvalue weighted by atomic mass is 9.68. The van der Waals surface area contributed by atoms with Gasteiger partial charge in [-0.05, 0) is 47.2 Å². The van der Waals surface area contributed by atoms with Crippen molar-refractivity contribution in [3.63, 3.8) is 0 Å². The second-order valence-electron chi connectivity index (χ2n) is 9.35. The number of aliphatic imine (C=N–C) groups is 1. The molecule has 0 bridgehead atoms. The zero-order valence-electron chi connectivity index (χ0n) is 20.3. The van der Waals surface area contributed by atoms with E-state index in [4.69, 9.17) is 15.5 Å². The van der Waals surface area contributed by atoms with Crippen molar-refractivity contribution < 1.29 is 14.3 Å². The molecule has 0 saturated heterocycles. The summed E-state index contributed by atoms with van der Waals surface area (Å²) in [5.74, 6) is -0.0812. The molecule has 7 nitrogen and oxygen atoms in total. The number of carbonyl (C=O) groups is 2. The van der Waals surface area contributed by atoms with Crippen molar-refractivity contribution in [2.75, 3.05) is 25.6 Å². The second-order valence-corrected chi connectivity index (χ2v) is 9.35. The van der Waals surface area contributed by atoms with Crippen LogP contribution in [0.3, 0.4) is 0 Å². The van der Waals surface area contributed by atoms with Crippen LogP contribution in [0.5, 0.6) is 0 Å². The Kier molecular flexibility index (Phi) is 5.60. The molecule has 3 aliphatic rings. The first-order valence-electron chi connectivity index (χ1n) is 11.9. The van der Waals surface area contributed by atoms with Crippen LogP contribution in [0, 0.1) is 0 Å². The molecule has 0 saturated carbocycles. The van der Waals surface area contributed by atoms with Crippen LogP contribution in [-0.2, 0) is 26.3 Å². The van der Waals surface area contributed by atoms with Gasteiger partial charge in [0.25, 0.3) is 5.91 Å². The lowest BCUT2D eigenvalue weighted by Crippen LogP contribution is -2.57. The number of nitrogens with zero attached hydrogens (tertiary/aromatic N) is 3. The van der Waals surface area contributed by atoms with Crippen LogP contribution in [0.25, 0.3) is 5.57 Å². The third-order valence-electron chi connectivity index (χ3n) is 7.47. The summed E-state index contributed by atoms with van der Waals surface area (Å²) in [5.41, 5.74) is 8.48. The highest BCUT2D eigenvalue weighted by Gasteiger charge is 2.62. The van der Waals surface area contributed by atoms with E-state index < -0.39 is 11.1 Å². The predicted octanol–water partition coefficient (Wildman–Crippen LogP) is 3.40. The molecule has 2 aromatic carbocycles. The van der Waals surface area contributed by atoms with Crippen LogP contribution >= 0.6 is 0 Å². The summed E-state index contributed by atoms with van der Waals surface area (Å²) in [4.78, 5) is 34.3. The molecule has 2 aliphatic heterocycles. The van der Waals surface area contributed by atoms with Gasteiger partial charge in [0.05, 0.1) is 0 Å². The van der Waals surface area contributed by atoms with Crippen molar-refractivity contribution >= 4 is 29.0 Å². The van der Waals surface area contributed by atoms with Gasteiger partial charge in [-0.3, -0.25) is 14.5 Å². The Bertz CT molecular complexity index is 1280. The van der Waals surface area contributed by atoms with Crippen LogP contribution in [0.1, 0.15) is 36.5 Å². The molecular formula is C28H30N4O3. The number of fused-ring (bicyclic) bond motifs is 1. The zero-order chi connectivity index (χ0) is 24.8. The van der Waals surface area contributed by atoms with Gasteiger partial charge in [0, 0.05) is 39.7 Å². The smallest absolute Gasteiger partial charge is 0.265 e. The third-order valence-corrected chi connectivity index (χ3v) is 7.47. The minimum atomic E-state index is -1.40. The van der Waals surface area contributed by atoms with Gasteiger partial charge >= 0.3 is 0 Å². The molecule has 0 fully saturated rings. The minimum Gasteiger partial charge on any atom is -0.370 e. The first kappa shape index (κ1) is 23.1. The average Bonchev–Trinajstić information content (AvgIpc) is 3.13. The van der Waals surface area contributed by atoms with Gasteiger partial charge in [0.1, 0.15) is 5.60 Å². The van der Waals surface area contributed by atoms with Crippen LogP contribution in [-0.4, -0.2) is 49.0 Å². The van der Waals surface area contributed by atoms with Gasteiger partial charge in [0.15, 0.2) is 5.96 Å². The van der Waals surface area contributed by atoms with Crippen molar-refractivity contribution in [2.24, 2.45) is 10.7 Å². The molecule has 1 aliphatic carbocycles. The fourth-order valence-corrected chi connectivity index (χ4v) is 5.61. The molecule has 2 heterocycles. The fraction of sp³-hybridized carbons (Fsp3) is 0.321. The van der Waals surface area contributed by atoms with E-state index in [9.17, 15) is 9.59 Å². The molecule has 180 valence electrons. The fourth-order valence-electron chi connectivity index (χ4n) is 5.61. The molecular weight excluding hydrogens is 440 g/mol. The molecule has 0 aromatic heterocycles. The third kappa shape index (κ3) is 3.41. The number of ether oxygens (including phenoxy) is 1. The number of allylic oxidation sites excluding steroid dienone is 2. The molecule has 35 heavy (non-hydrogen) atoms. The SMILES string of the molecule is COC1(C2(c3ccc4c(c3)CCCN4C(C)=O)N=C(N)N(C)C2=O)C=CC=C(c2ccccc2)C1. The van der Waals surface area contributed by atoms with E-state index in [0.717, 1.165) is 35.2 Å². The molecule has 2 N–H and O–H groups in total. The predicted molar refractivity (Wildman–Crippen MR) is 137 cm³/mol. The van der Waals surface area contributed by atoms with E-state index >= 15 is 0 Å². The number of aryl methyl sites for hydroxylation is 1. The highest BCUT2D eigenvalue weighted by molar-refractivity contribution is 6.08. The summed E-state index contributed by atoms with van der Waals surface area (Å²) in [5, 5.41) is 0. The maximum atomic E-state index is 14.0. The summed E-state index contributed by atoms with van der Waals surface area (Å²) in [6, 6.07) is 15.9. The molecule has 2 amide bonds. The lowest BCUT2D eigenvalue weighted by Gasteiger charge is -2.44. The Morgan fingerprint density at radius 1 is 1.17 bits per heavy atom. The number of hydrogen-bond donors (Lipinski definition) is 1. The van der Waals surface area contributed by atoms with E-state index in [1.807, 2.05) is 66.8 Å². The molecule has 2 atom stereocenters. The van der Waals surface area contributed by atoms with Gasteiger partial charge in [-0.25, -0.2) is 4.99 Å². The Labute approximate surface area is 205 Å². The summed E-state index contributed by atoms with van der Waals surface area (Å²) < 4.78 is 6.24. The Morgan fingerprint density at radius 3 is 2.60 bits per heavy atom. The van der Waals surface area contributed by atoms with Gasteiger partial charge in [-0.15, -0.1) is 0 Å². The first-order chi connectivity index (χ1) is 16.8. The normalized spacial score (nSPS) is 25.9. The standard InChI is InChI=1S/C28H30N4O3/c1-19(33)32-16-8-12-21-17-23(13-14-24(21)32)28(25(34)31(2)26(29)30-28)27(35-3)15-7-11-22(18-27)20-9-5-4-6-10-20/h4-7,9-11,13-15,17H,8,12,16,18H2,1-3H3,(H2,29,30). The second kappa shape index (κ2) is 8.50. The summed E-state index contributed by atoms with van der Waals surface area (Å²) in [6.07, 6.45) is 8.03. The molecule has 5 rings (SSSR count). The zero-order valence-corrected chi connectivity index (χ0v) is 20.3. The maximum absolute atomic E-state index is 14.0.